The monoisotopic (exact) mass is 479 g/mol. The summed E-state index contributed by atoms with van der Waals surface area (Å²) in [5, 5.41) is 0. The summed E-state index contributed by atoms with van der Waals surface area (Å²) in [5.41, 5.74) is 2.47. The smallest absolute Gasteiger partial charge is 0.339 e. The van der Waals surface area contributed by atoms with Gasteiger partial charge < -0.3 is 4.74 Å². The first-order valence-electron chi connectivity index (χ1n) is 11.9. The molecule has 36 heavy (non-hydrogen) atoms. The summed E-state index contributed by atoms with van der Waals surface area (Å²) in [6, 6.07) is 22.2. The first-order valence-corrected chi connectivity index (χ1v) is 11.9. The van der Waals surface area contributed by atoms with Gasteiger partial charge in [0.25, 0.3) is 0 Å². The van der Waals surface area contributed by atoms with E-state index in [1.165, 1.54) is 11.0 Å². The van der Waals surface area contributed by atoms with Gasteiger partial charge in [0.1, 0.15) is 0 Å². The van der Waals surface area contributed by atoms with Crippen LogP contribution in [0.15, 0.2) is 91.0 Å². The Balaban J connectivity index is 1.42. The number of anilines is 1. The predicted octanol–water partition coefficient (Wildman–Crippen LogP) is 5.23. The van der Waals surface area contributed by atoms with E-state index in [-0.39, 0.29) is 35.0 Å². The van der Waals surface area contributed by atoms with Gasteiger partial charge in [0.2, 0.25) is 17.6 Å². The maximum Gasteiger partial charge on any atom is 0.339 e. The third-order valence-electron chi connectivity index (χ3n) is 6.75. The topological polar surface area (TPSA) is 80.8 Å². The van der Waals surface area contributed by atoms with Crippen LogP contribution in [0, 0.1) is 18.8 Å². The first kappa shape index (κ1) is 23.4. The van der Waals surface area contributed by atoms with Crippen molar-refractivity contribution in [3.63, 3.8) is 0 Å². The number of carbonyl (C=O) groups excluding carboxylic acids is 4. The Morgan fingerprint density at radius 1 is 0.806 bits per heavy atom. The van der Waals surface area contributed by atoms with E-state index in [2.05, 4.69) is 0 Å². The number of rotatable bonds is 6. The number of ether oxygens (including phenoxy) is 1. The Morgan fingerprint density at radius 2 is 1.44 bits per heavy atom. The fourth-order valence-corrected chi connectivity index (χ4v) is 4.77. The van der Waals surface area contributed by atoms with E-state index in [0.717, 1.165) is 5.56 Å². The van der Waals surface area contributed by atoms with E-state index < -0.39 is 12.1 Å². The number of nitrogens with zero attached hydrogens (tertiary/aromatic N) is 1. The molecule has 0 saturated carbocycles. The molecule has 3 atom stereocenters. The zero-order chi connectivity index (χ0) is 25.2. The molecule has 6 heteroatoms. The maximum absolute atomic E-state index is 13.3. The lowest BCUT2D eigenvalue weighted by atomic mass is 9.85. The highest BCUT2D eigenvalue weighted by Gasteiger charge is 2.47. The molecule has 1 heterocycles. The summed E-state index contributed by atoms with van der Waals surface area (Å²) in [6.45, 7) is 1.93. The maximum atomic E-state index is 13.3. The summed E-state index contributed by atoms with van der Waals surface area (Å²) < 4.78 is 5.75. The second-order valence-electron chi connectivity index (χ2n) is 9.14. The lowest BCUT2D eigenvalue weighted by Crippen LogP contribution is -2.31. The molecule has 3 aromatic rings. The van der Waals surface area contributed by atoms with Crippen molar-refractivity contribution in [2.45, 2.75) is 25.9 Å². The van der Waals surface area contributed by atoms with Gasteiger partial charge in [0, 0.05) is 11.1 Å². The van der Waals surface area contributed by atoms with Gasteiger partial charge in [0.05, 0.1) is 23.1 Å². The van der Waals surface area contributed by atoms with E-state index in [1.807, 2.05) is 37.3 Å². The van der Waals surface area contributed by atoms with Gasteiger partial charge in [0.15, 0.2) is 6.10 Å². The number of aryl methyl sites for hydroxylation is 1. The molecule has 1 saturated heterocycles. The van der Waals surface area contributed by atoms with E-state index in [0.29, 0.717) is 29.7 Å². The standard InChI is InChI=1S/C30H25NO5/c1-19-14-16-20(17-15-19)26(32)27(21-8-3-2-4-9-21)36-30(35)22-10-7-11-23(18-22)31-28(33)24-12-5-6-13-25(24)29(31)34/h2-11,14-18,24-25,27H,12-13H2,1H3/t24-,25-,27+/m0/s1. The van der Waals surface area contributed by atoms with E-state index in [4.69, 9.17) is 4.74 Å². The minimum atomic E-state index is -1.14. The molecule has 0 N–H and O–H groups in total. The van der Waals surface area contributed by atoms with Gasteiger partial charge in [-0.25, -0.2) is 4.79 Å². The Labute approximate surface area is 209 Å². The van der Waals surface area contributed by atoms with Crippen LogP contribution in [0.2, 0.25) is 0 Å². The third-order valence-corrected chi connectivity index (χ3v) is 6.75. The number of fused-ring (bicyclic) bond motifs is 1. The highest BCUT2D eigenvalue weighted by atomic mass is 16.5. The summed E-state index contributed by atoms with van der Waals surface area (Å²) in [4.78, 5) is 53.7. The van der Waals surface area contributed by atoms with Crippen LogP contribution in [0.25, 0.3) is 0 Å². The quantitative estimate of drug-likeness (QED) is 0.209. The molecule has 0 spiro atoms. The molecule has 1 aliphatic carbocycles. The van der Waals surface area contributed by atoms with Gasteiger partial charge >= 0.3 is 5.97 Å². The number of amides is 2. The average Bonchev–Trinajstić information content (AvgIpc) is 3.17. The molecule has 5 rings (SSSR count). The van der Waals surface area contributed by atoms with Crippen LogP contribution < -0.4 is 4.90 Å². The second-order valence-corrected chi connectivity index (χ2v) is 9.14. The second kappa shape index (κ2) is 9.74. The van der Waals surface area contributed by atoms with Crippen LogP contribution in [-0.4, -0.2) is 23.6 Å². The average molecular weight is 480 g/mol. The number of Topliss-reactive ketones (excluding diaryl/α,β-unsaturated/α-hetero) is 1. The van der Waals surface area contributed by atoms with Crippen LogP contribution in [-0.2, 0) is 14.3 Å². The third kappa shape index (κ3) is 4.38. The van der Waals surface area contributed by atoms with Crippen molar-refractivity contribution in [2.24, 2.45) is 11.8 Å². The highest BCUT2D eigenvalue weighted by molar-refractivity contribution is 6.22. The molecule has 2 aliphatic rings. The summed E-state index contributed by atoms with van der Waals surface area (Å²) in [5.74, 6) is -2.30. The number of carbonyl (C=O) groups is 4. The van der Waals surface area contributed by atoms with Crippen molar-refractivity contribution < 1.29 is 23.9 Å². The molecule has 0 aromatic heterocycles. The number of esters is 1. The van der Waals surface area contributed by atoms with Crippen molar-refractivity contribution in [1.82, 2.24) is 0 Å². The zero-order valence-electron chi connectivity index (χ0n) is 19.8. The van der Waals surface area contributed by atoms with Gasteiger partial charge in [-0.05, 0) is 38.0 Å². The molecule has 0 radical (unpaired) electrons. The highest BCUT2D eigenvalue weighted by Crippen LogP contribution is 2.38. The number of ketones is 1. The minimum absolute atomic E-state index is 0.152. The first-order chi connectivity index (χ1) is 17.4. The van der Waals surface area contributed by atoms with Crippen molar-refractivity contribution >= 4 is 29.3 Å². The van der Waals surface area contributed by atoms with Gasteiger partial charge in [-0.15, -0.1) is 0 Å². The van der Waals surface area contributed by atoms with Crippen LogP contribution in [0.1, 0.15) is 50.8 Å². The SMILES string of the molecule is Cc1ccc(C(=O)[C@H](OC(=O)c2cccc(N3C(=O)[C@H]4CC=CC[C@@H]4C3=O)c2)c2ccccc2)cc1. The minimum Gasteiger partial charge on any atom is -0.445 e. The molecule has 180 valence electrons. The number of hydrogen-bond donors (Lipinski definition) is 0. The molecular formula is C30H25NO5. The van der Waals surface area contributed by atoms with Crippen LogP contribution >= 0.6 is 0 Å². The van der Waals surface area contributed by atoms with Crippen molar-refractivity contribution in [3.8, 4) is 0 Å². The Bertz CT molecular complexity index is 1330. The fraction of sp³-hybridized carbons (Fsp3) is 0.200. The lowest BCUT2D eigenvalue weighted by Gasteiger charge is -2.19. The van der Waals surface area contributed by atoms with Crippen LogP contribution in [0.5, 0.6) is 0 Å². The molecule has 1 fully saturated rings. The summed E-state index contributed by atoms with van der Waals surface area (Å²) in [7, 11) is 0. The van der Waals surface area contributed by atoms with Gasteiger partial charge in [-0.3, -0.25) is 19.3 Å². The fourth-order valence-electron chi connectivity index (χ4n) is 4.77. The van der Waals surface area contributed by atoms with E-state index in [1.54, 1.807) is 54.6 Å². The van der Waals surface area contributed by atoms with Crippen molar-refractivity contribution in [1.29, 1.82) is 0 Å². The molecule has 0 bridgehead atoms. The molecule has 1 aliphatic heterocycles. The summed E-state index contributed by atoms with van der Waals surface area (Å²) in [6.07, 6.45) is 3.78. The Kier molecular flexibility index (Phi) is 6.34. The van der Waals surface area contributed by atoms with E-state index >= 15 is 0 Å². The van der Waals surface area contributed by atoms with Crippen LogP contribution in [0.4, 0.5) is 5.69 Å². The molecule has 2 amide bonds. The molecule has 6 nitrogen and oxygen atoms in total. The number of imide groups is 1. The van der Waals surface area contributed by atoms with Crippen molar-refractivity contribution in [2.75, 3.05) is 4.90 Å². The Morgan fingerprint density at radius 3 is 2.08 bits per heavy atom. The molecular weight excluding hydrogens is 454 g/mol. The number of benzene rings is 3. The van der Waals surface area contributed by atoms with Crippen molar-refractivity contribution in [3.05, 3.63) is 113 Å². The van der Waals surface area contributed by atoms with Crippen LogP contribution in [0.3, 0.4) is 0 Å². The zero-order valence-corrected chi connectivity index (χ0v) is 19.8. The van der Waals surface area contributed by atoms with Gasteiger partial charge in [-0.2, -0.15) is 0 Å². The Hall–Kier alpha value is -4.32. The molecule has 3 aromatic carbocycles. The largest absolute Gasteiger partial charge is 0.445 e. The predicted molar refractivity (Wildman–Crippen MR) is 134 cm³/mol. The molecule has 0 unspecified atom stereocenters. The number of allylic oxidation sites excluding steroid dienone is 2. The number of hydrogen-bond acceptors (Lipinski definition) is 5. The van der Waals surface area contributed by atoms with E-state index in [9.17, 15) is 19.2 Å². The summed E-state index contributed by atoms with van der Waals surface area (Å²) >= 11 is 0. The normalized spacial score (nSPS) is 19.6. The lowest BCUT2D eigenvalue weighted by molar-refractivity contribution is -0.122. The van der Waals surface area contributed by atoms with Gasteiger partial charge in [-0.1, -0.05) is 78.4 Å².